The molecule has 0 radical (unpaired) electrons. The number of rotatable bonds is 7. The van der Waals surface area contributed by atoms with Crippen molar-refractivity contribution in [1.82, 2.24) is 4.90 Å². The minimum atomic E-state index is -0.648. The quantitative estimate of drug-likeness (QED) is 0.452. The molecule has 0 aliphatic carbocycles. The van der Waals surface area contributed by atoms with Crippen molar-refractivity contribution in [2.75, 3.05) is 44.8 Å². The van der Waals surface area contributed by atoms with Gasteiger partial charge in [-0.2, -0.15) is 0 Å². The van der Waals surface area contributed by atoms with Crippen LogP contribution in [0.1, 0.15) is 21.5 Å². The number of carbonyl (C=O) groups excluding carboxylic acids is 2. The number of hydrogen-bond donors (Lipinski definition) is 1. The number of anilines is 1. The van der Waals surface area contributed by atoms with Crippen LogP contribution in [0.4, 0.5) is 5.69 Å². The first-order chi connectivity index (χ1) is 15.5. The van der Waals surface area contributed by atoms with Gasteiger partial charge in [0, 0.05) is 36.3 Å². The van der Waals surface area contributed by atoms with E-state index in [0.717, 1.165) is 49.4 Å². The Morgan fingerprint density at radius 1 is 1.00 bits per heavy atom. The summed E-state index contributed by atoms with van der Waals surface area (Å²) in [6.45, 7) is 8.54. The van der Waals surface area contributed by atoms with Gasteiger partial charge >= 0.3 is 0 Å². The van der Waals surface area contributed by atoms with Gasteiger partial charge in [0.2, 0.25) is 0 Å². The number of ether oxygens (including phenoxy) is 2. The highest BCUT2D eigenvalue weighted by Gasteiger charge is 2.21. The van der Waals surface area contributed by atoms with Crippen LogP contribution in [-0.4, -0.2) is 56.0 Å². The molecule has 0 spiro atoms. The van der Waals surface area contributed by atoms with Crippen LogP contribution >= 0.6 is 0 Å². The zero-order valence-corrected chi connectivity index (χ0v) is 18.5. The fraction of sp³-hybridized carbons (Fsp3) is 0.308. The Balaban J connectivity index is 1.51. The van der Waals surface area contributed by atoms with Gasteiger partial charge in [0.15, 0.2) is 0 Å². The number of Topliss-reactive ketones (excluding diaryl/α,β-unsaturated/α-hetero) is 1. The Hall–Kier alpha value is -3.22. The number of carbonyl (C=O) groups is 2. The van der Waals surface area contributed by atoms with Gasteiger partial charge in [0.05, 0.1) is 13.2 Å². The smallest absolute Gasteiger partial charge is 0.296 e. The molecule has 0 atom stereocenters. The van der Waals surface area contributed by atoms with E-state index in [0.29, 0.717) is 29.0 Å². The summed E-state index contributed by atoms with van der Waals surface area (Å²) in [4.78, 5) is 28.1. The third-order valence-corrected chi connectivity index (χ3v) is 5.74. The molecule has 1 amide bonds. The molecule has 32 heavy (non-hydrogen) atoms. The van der Waals surface area contributed by atoms with Crippen molar-refractivity contribution in [2.24, 2.45) is 0 Å². The maximum Gasteiger partial charge on any atom is 0.296 e. The molecule has 1 aliphatic rings. The van der Waals surface area contributed by atoms with E-state index in [-0.39, 0.29) is 0 Å². The van der Waals surface area contributed by atoms with Gasteiger partial charge < -0.3 is 14.8 Å². The van der Waals surface area contributed by atoms with Gasteiger partial charge in [-0.05, 0) is 48.6 Å². The molecule has 6 heteroatoms. The van der Waals surface area contributed by atoms with Crippen LogP contribution in [0, 0.1) is 13.8 Å². The molecule has 0 saturated carbocycles. The molecular weight excluding hydrogens is 404 g/mol. The SMILES string of the molecule is Cc1ccc(C)c(NC(=O)C(=O)c2ccc(OCCN3CCOCC3)c3ccccc23)c1. The lowest BCUT2D eigenvalue weighted by molar-refractivity contribution is -0.112. The van der Waals surface area contributed by atoms with Crippen molar-refractivity contribution >= 4 is 28.2 Å². The van der Waals surface area contributed by atoms with Gasteiger partial charge in [-0.15, -0.1) is 0 Å². The minimum Gasteiger partial charge on any atom is -0.492 e. The third-order valence-electron chi connectivity index (χ3n) is 5.74. The van der Waals surface area contributed by atoms with E-state index in [9.17, 15) is 9.59 Å². The second kappa shape index (κ2) is 9.94. The summed E-state index contributed by atoms with van der Waals surface area (Å²) in [5.74, 6) is -0.507. The van der Waals surface area contributed by atoms with Crippen LogP contribution in [0.25, 0.3) is 10.8 Å². The van der Waals surface area contributed by atoms with Crippen molar-refractivity contribution in [3.63, 3.8) is 0 Å². The minimum absolute atomic E-state index is 0.365. The number of fused-ring (bicyclic) bond motifs is 1. The average molecular weight is 433 g/mol. The predicted molar refractivity (Wildman–Crippen MR) is 126 cm³/mol. The van der Waals surface area contributed by atoms with Crippen LogP contribution in [0.5, 0.6) is 5.75 Å². The number of hydrogen-bond acceptors (Lipinski definition) is 5. The molecule has 6 nitrogen and oxygen atoms in total. The van der Waals surface area contributed by atoms with E-state index in [4.69, 9.17) is 9.47 Å². The van der Waals surface area contributed by atoms with Crippen LogP contribution in [-0.2, 0) is 9.53 Å². The molecule has 1 N–H and O–H groups in total. The predicted octanol–water partition coefficient (Wildman–Crippen LogP) is 3.99. The molecule has 0 unspecified atom stereocenters. The number of amides is 1. The van der Waals surface area contributed by atoms with Crippen LogP contribution in [0.15, 0.2) is 54.6 Å². The highest BCUT2D eigenvalue weighted by atomic mass is 16.5. The van der Waals surface area contributed by atoms with Crippen LogP contribution in [0.3, 0.4) is 0 Å². The van der Waals surface area contributed by atoms with Gasteiger partial charge in [0.1, 0.15) is 12.4 Å². The fourth-order valence-corrected chi connectivity index (χ4v) is 3.88. The second-order valence-corrected chi connectivity index (χ2v) is 8.06. The maximum absolute atomic E-state index is 13.0. The van der Waals surface area contributed by atoms with Crippen molar-refractivity contribution < 1.29 is 19.1 Å². The fourth-order valence-electron chi connectivity index (χ4n) is 3.88. The van der Waals surface area contributed by atoms with Crippen LogP contribution < -0.4 is 10.1 Å². The first-order valence-electron chi connectivity index (χ1n) is 10.9. The summed E-state index contributed by atoms with van der Waals surface area (Å²) in [6.07, 6.45) is 0. The Morgan fingerprint density at radius 2 is 1.75 bits per heavy atom. The molecule has 0 bridgehead atoms. The zero-order chi connectivity index (χ0) is 22.5. The summed E-state index contributed by atoms with van der Waals surface area (Å²) < 4.78 is 11.4. The van der Waals surface area contributed by atoms with Gasteiger partial charge in [-0.25, -0.2) is 0 Å². The normalized spacial score (nSPS) is 14.3. The van der Waals surface area contributed by atoms with Crippen molar-refractivity contribution in [2.45, 2.75) is 13.8 Å². The largest absolute Gasteiger partial charge is 0.492 e. The van der Waals surface area contributed by atoms with Crippen molar-refractivity contribution in [1.29, 1.82) is 0 Å². The monoisotopic (exact) mass is 432 g/mol. The van der Waals surface area contributed by atoms with Gasteiger partial charge in [-0.1, -0.05) is 36.4 Å². The number of morpholine rings is 1. The lowest BCUT2D eigenvalue weighted by Crippen LogP contribution is -2.38. The molecule has 0 aromatic heterocycles. The van der Waals surface area contributed by atoms with Gasteiger partial charge in [-0.3, -0.25) is 14.5 Å². The molecule has 1 aliphatic heterocycles. The lowest BCUT2D eigenvalue weighted by atomic mass is 10.00. The standard InChI is InChI=1S/C26H28N2O4/c1-18-7-8-19(2)23(17-18)27-26(30)25(29)22-9-10-24(21-6-4-3-5-20(21)22)32-16-13-28-11-14-31-15-12-28/h3-10,17H,11-16H2,1-2H3,(H,27,30). The topological polar surface area (TPSA) is 67.9 Å². The van der Waals surface area contributed by atoms with E-state index < -0.39 is 11.7 Å². The second-order valence-electron chi connectivity index (χ2n) is 8.06. The zero-order valence-electron chi connectivity index (χ0n) is 18.5. The number of ketones is 1. The van der Waals surface area contributed by atoms with E-state index >= 15 is 0 Å². The summed E-state index contributed by atoms with van der Waals surface area (Å²) >= 11 is 0. The van der Waals surface area contributed by atoms with Crippen molar-refractivity contribution in [3.8, 4) is 5.75 Å². The highest BCUT2D eigenvalue weighted by molar-refractivity contribution is 6.48. The Bertz CT molecular complexity index is 1140. The Morgan fingerprint density at radius 3 is 2.53 bits per heavy atom. The van der Waals surface area contributed by atoms with E-state index in [2.05, 4.69) is 10.2 Å². The molecular formula is C26H28N2O4. The molecule has 1 heterocycles. The summed E-state index contributed by atoms with van der Waals surface area (Å²) in [7, 11) is 0. The number of benzene rings is 3. The van der Waals surface area contributed by atoms with E-state index in [1.54, 1.807) is 12.1 Å². The third kappa shape index (κ3) is 4.98. The number of aryl methyl sites for hydroxylation is 2. The average Bonchev–Trinajstić information content (AvgIpc) is 2.81. The van der Waals surface area contributed by atoms with E-state index in [1.165, 1.54) is 0 Å². The highest BCUT2D eigenvalue weighted by Crippen LogP contribution is 2.29. The summed E-state index contributed by atoms with van der Waals surface area (Å²) in [6, 6.07) is 16.7. The molecule has 1 fully saturated rings. The maximum atomic E-state index is 13.0. The van der Waals surface area contributed by atoms with Gasteiger partial charge in [0.25, 0.3) is 11.7 Å². The first kappa shape index (κ1) is 22.0. The number of nitrogens with zero attached hydrogens (tertiary/aromatic N) is 1. The first-order valence-corrected chi connectivity index (χ1v) is 10.9. The van der Waals surface area contributed by atoms with E-state index in [1.807, 2.05) is 56.3 Å². The lowest BCUT2D eigenvalue weighted by Gasteiger charge is -2.26. The summed E-state index contributed by atoms with van der Waals surface area (Å²) in [5.41, 5.74) is 2.94. The molecule has 3 aromatic carbocycles. The van der Waals surface area contributed by atoms with Crippen LogP contribution in [0.2, 0.25) is 0 Å². The number of nitrogens with one attached hydrogen (secondary N) is 1. The molecule has 166 valence electrons. The molecule has 1 saturated heterocycles. The Labute approximate surface area is 188 Å². The molecule has 4 rings (SSSR count). The summed E-state index contributed by atoms with van der Waals surface area (Å²) in [5, 5.41) is 4.29. The molecule has 3 aromatic rings. The Kier molecular flexibility index (Phi) is 6.83. The van der Waals surface area contributed by atoms with Crippen molar-refractivity contribution in [3.05, 3.63) is 71.3 Å².